The fourth-order valence-electron chi connectivity index (χ4n) is 4.38. The Labute approximate surface area is 224 Å². The summed E-state index contributed by atoms with van der Waals surface area (Å²) >= 11 is 0. The predicted molar refractivity (Wildman–Crippen MR) is 146 cm³/mol. The Balaban J connectivity index is 0.000000438. The maximum absolute atomic E-state index is 13.5. The summed E-state index contributed by atoms with van der Waals surface area (Å²) < 4.78 is 37.7. The summed E-state index contributed by atoms with van der Waals surface area (Å²) in [5.41, 5.74) is 2.20. The zero-order chi connectivity index (χ0) is 27.9. The highest BCUT2D eigenvalue weighted by Gasteiger charge is 2.18. The van der Waals surface area contributed by atoms with Gasteiger partial charge in [-0.3, -0.25) is 9.78 Å². The largest absolute Gasteiger partial charge is 0.493 e. The number of H-pyrrole nitrogens is 1. The molecule has 1 unspecified atom stereocenters. The zero-order valence-corrected chi connectivity index (χ0v) is 22.0. The van der Waals surface area contributed by atoms with Gasteiger partial charge < -0.3 is 30.2 Å². The molecule has 3 heterocycles. The van der Waals surface area contributed by atoms with E-state index in [-0.39, 0.29) is 11.7 Å². The number of hydrogen-bond acceptors (Lipinski definition) is 8. The Morgan fingerprint density at radius 3 is 2.44 bits per heavy atom. The van der Waals surface area contributed by atoms with Crippen LogP contribution in [-0.2, 0) is 6.42 Å². The molecular weight excluding hydrogens is 508 g/mol. The Bertz CT molecular complexity index is 1470. The molecule has 206 valence electrons. The first-order chi connectivity index (χ1) is 18.8. The third-order valence-electron chi connectivity index (χ3n) is 6.27. The number of aromatic amines is 1. The first-order valence-corrected chi connectivity index (χ1v) is 12.5. The number of pyridine rings is 1. The molecule has 5 rings (SSSR count). The molecule has 2 aromatic heterocycles. The minimum Gasteiger partial charge on any atom is -0.493 e. The fraction of sp³-hybridized carbons (Fsp3) is 0.321. The van der Waals surface area contributed by atoms with E-state index in [9.17, 15) is 13.6 Å². The van der Waals surface area contributed by atoms with Crippen LogP contribution in [0.15, 0.2) is 47.4 Å². The second kappa shape index (κ2) is 12.6. The van der Waals surface area contributed by atoms with Gasteiger partial charge in [-0.15, -0.1) is 0 Å². The number of ether oxygens (including phenoxy) is 2. The Kier molecular flexibility index (Phi) is 9.05. The number of rotatable bonds is 6. The number of benzene rings is 2. The van der Waals surface area contributed by atoms with Gasteiger partial charge in [0, 0.05) is 37.8 Å². The number of halogens is 2. The molecule has 9 nitrogen and oxygen atoms in total. The highest BCUT2D eigenvalue weighted by Crippen LogP contribution is 2.39. The van der Waals surface area contributed by atoms with Crippen LogP contribution >= 0.6 is 0 Å². The lowest BCUT2D eigenvalue weighted by atomic mass is 10.1. The minimum atomic E-state index is -0.670. The van der Waals surface area contributed by atoms with Gasteiger partial charge in [-0.05, 0) is 49.2 Å². The quantitative estimate of drug-likeness (QED) is 0.293. The lowest BCUT2D eigenvalue weighted by Gasteiger charge is -2.16. The first kappa shape index (κ1) is 27.9. The molecule has 0 amide bonds. The molecule has 0 radical (unpaired) electrons. The second-order valence-corrected chi connectivity index (χ2v) is 9.03. The number of anilines is 1. The fourth-order valence-corrected chi connectivity index (χ4v) is 4.38. The van der Waals surface area contributed by atoms with Gasteiger partial charge in [0.25, 0.3) is 5.56 Å². The van der Waals surface area contributed by atoms with Crippen molar-refractivity contribution in [1.29, 1.82) is 0 Å². The van der Waals surface area contributed by atoms with E-state index in [0.717, 1.165) is 37.6 Å². The van der Waals surface area contributed by atoms with E-state index in [2.05, 4.69) is 25.6 Å². The summed E-state index contributed by atoms with van der Waals surface area (Å²) in [5.74, 6) is -0.0529. The Morgan fingerprint density at radius 2 is 1.90 bits per heavy atom. The SMILES string of the molecule is CNc1c(OC)c(OC)cc2c(=O)[nH]c(Cc3ccc(-c4cc(F)cc(F)c4)nc3)nc12.OC1CCCNC1. The molecule has 1 fully saturated rings. The molecular formula is C28H31F2N5O4. The maximum atomic E-state index is 13.5. The van der Waals surface area contributed by atoms with Gasteiger partial charge in [0.05, 0.1) is 31.4 Å². The van der Waals surface area contributed by atoms with Gasteiger partial charge >= 0.3 is 0 Å². The smallest absolute Gasteiger partial charge is 0.258 e. The van der Waals surface area contributed by atoms with Gasteiger partial charge in [0.1, 0.15) is 28.7 Å². The van der Waals surface area contributed by atoms with Crippen molar-refractivity contribution >= 4 is 16.6 Å². The Hall–Kier alpha value is -4.09. The van der Waals surface area contributed by atoms with Crippen LogP contribution in [0.5, 0.6) is 11.5 Å². The minimum absolute atomic E-state index is 0.0752. The van der Waals surface area contributed by atoms with Crippen molar-refractivity contribution in [2.24, 2.45) is 0 Å². The van der Waals surface area contributed by atoms with Crippen LogP contribution < -0.4 is 25.7 Å². The van der Waals surface area contributed by atoms with Crippen LogP contribution in [0.3, 0.4) is 0 Å². The van der Waals surface area contributed by atoms with Gasteiger partial charge in [-0.2, -0.15) is 0 Å². The van der Waals surface area contributed by atoms with E-state index < -0.39 is 11.6 Å². The van der Waals surface area contributed by atoms with Crippen molar-refractivity contribution in [3.05, 3.63) is 76.0 Å². The van der Waals surface area contributed by atoms with Gasteiger partial charge in [-0.25, -0.2) is 13.8 Å². The molecule has 4 aromatic rings. The number of aliphatic hydroxyl groups is 1. The Morgan fingerprint density at radius 1 is 1.13 bits per heavy atom. The van der Waals surface area contributed by atoms with E-state index in [0.29, 0.717) is 51.6 Å². The second-order valence-electron chi connectivity index (χ2n) is 9.03. The van der Waals surface area contributed by atoms with E-state index in [1.807, 2.05) is 0 Å². The topological polar surface area (TPSA) is 121 Å². The lowest BCUT2D eigenvalue weighted by molar-refractivity contribution is 0.142. The third kappa shape index (κ3) is 6.68. The van der Waals surface area contributed by atoms with E-state index in [1.165, 1.54) is 26.4 Å². The van der Waals surface area contributed by atoms with Gasteiger partial charge in [0.15, 0.2) is 11.5 Å². The number of hydrogen-bond donors (Lipinski definition) is 4. The zero-order valence-electron chi connectivity index (χ0n) is 22.0. The normalized spacial score (nSPS) is 14.9. The summed E-state index contributed by atoms with van der Waals surface area (Å²) in [4.78, 5) is 24.4. The van der Waals surface area contributed by atoms with E-state index in [4.69, 9.17) is 14.6 Å². The average Bonchev–Trinajstić information content (AvgIpc) is 2.92. The number of methoxy groups -OCH3 is 2. The standard InChI is InChI=1S/C23H20F2N4O3.C5H11NO/c1-26-21-20-16(10-18(31-2)22(21)32-3)23(30)29-19(28-20)6-12-4-5-17(27-11-12)13-7-14(24)9-15(25)8-13;7-5-2-1-3-6-4-5/h4-5,7-11,26H,6H2,1-3H3,(H,28,29,30);5-7H,1-4H2. The molecule has 11 heteroatoms. The monoisotopic (exact) mass is 539 g/mol. The van der Waals surface area contributed by atoms with Crippen molar-refractivity contribution in [1.82, 2.24) is 20.3 Å². The molecule has 39 heavy (non-hydrogen) atoms. The van der Waals surface area contributed by atoms with Crippen molar-refractivity contribution < 1.29 is 23.4 Å². The van der Waals surface area contributed by atoms with Crippen LogP contribution in [0.2, 0.25) is 0 Å². The molecule has 1 aliphatic heterocycles. The molecule has 0 spiro atoms. The highest BCUT2D eigenvalue weighted by molar-refractivity contribution is 5.95. The number of aromatic nitrogens is 3. The summed E-state index contributed by atoms with van der Waals surface area (Å²) in [5, 5.41) is 15.3. The number of nitrogens with zero attached hydrogens (tertiary/aromatic N) is 2. The van der Waals surface area contributed by atoms with Gasteiger partial charge in [0.2, 0.25) is 0 Å². The lowest BCUT2D eigenvalue weighted by Crippen LogP contribution is -2.33. The molecule has 2 aromatic carbocycles. The number of aliphatic hydroxyl groups excluding tert-OH is 1. The third-order valence-corrected chi connectivity index (χ3v) is 6.27. The van der Waals surface area contributed by atoms with Gasteiger partial charge in [-0.1, -0.05) is 6.07 Å². The number of fused-ring (bicyclic) bond motifs is 1. The first-order valence-electron chi connectivity index (χ1n) is 12.5. The predicted octanol–water partition coefficient (Wildman–Crippen LogP) is 3.64. The molecule has 4 N–H and O–H groups in total. The molecule has 1 aliphatic rings. The highest BCUT2D eigenvalue weighted by atomic mass is 19.1. The number of piperidine rings is 1. The number of β-amino-alcohol motifs (C(OH)–C–C–N with tert-alkyl or cyclic N) is 1. The van der Waals surface area contributed by atoms with Crippen LogP contribution in [0.4, 0.5) is 14.5 Å². The summed E-state index contributed by atoms with van der Waals surface area (Å²) in [6.45, 7) is 1.87. The van der Waals surface area contributed by atoms with E-state index in [1.54, 1.807) is 31.4 Å². The van der Waals surface area contributed by atoms with Crippen molar-refractivity contribution in [2.45, 2.75) is 25.4 Å². The average molecular weight is 540 g/mol. The summed E-state index contributed by atoms with van der Waals surface area (Å²) in [6.07, 6.45) is 3.91. The van der Waals surface area contributed by atoms with Crippen molar-refractivity contribution in [3.63, 3.8) is 0 Å². The van der Waals surface area contributed by atoms with Crippen molar-refractivity contribution in [3.8, 4) is 22.8 Å². The van der Waals surface area contributed by atoms with Crippen LogP contribution in [0, 0.1) is 11.6 Å². The van der Waals surface area contributed by atoms with E-state index >= 15 is 0 Å². The maximum Gasteiger partial charge on any atom is 0.258 e. The summed E-state index contributed by atoms with van der Waals surface area (Å²) in [7, 11) is 4.71. The summed E-state index contributed by atoms with van der Waals surface area (Å²) in [6, 6.07) is 8.25. The molecule has 1 saturated heterocycles. The molecule has 0 aliphatic carbocycles. The van der Waals surface area contributed by atoms with Crippen LogP contribution in [0.25, 0.3) is 22.2 Å². The van der Waals surface area contributed by atoms with Crippen molar-refractivity contribution in [2.75, 3.05) is 39.7 Å². The molecule has 0 bridgehead atoms. The van der Waals surface area contributed by atoms with Crippen LogP contribution in [-0.4, -0.2) is 60.5 Å². The number of nitrogens with one attached hydrogen (secondary N) is 3. The molecule has 0 saturated carbocycles. The molecule has 1 atom stereocenters. The van der Waals surface area contributed by atoms with Crippen LogP contribution in [0.1, 0.15) is 24.2 Å².